The van der Waals surface area contributed by atoms with Gasteiger partial charge in [-0.3, -0.25) is 0 Å². The van der Waals surface area contributed by atoms with Crippen molar-refractivity contribution in [1.82, 2.24) is 0 Å². The van der Waals surface area contributed by atoms with E-state index in [-0.39, 0.29) is 11.5 Å². The summed E-state index contributed by atoms with van der Waals surface area (Å²) in [5.74, 6) is 4.91. The largest absolute Gasteiger partial charge is 0.391 e. The van der Waals surface area contributed by atoms with Crippen LogP contribution in [0.1, 0.15) is 5.56 Å². The topological polar surface area (TPSA) is 54.4 Å². The van der Waals surface area contributed by atoms with Gasteiger partial charge < -0.3 is 5.11 Å². The zero-order valence-electron chi connectivity index (χ0n) is 8.93. The van der Waals surface area contributed by atoms with Gasteiger partial charge in [-0.15, -0.1) is 0 Å². The average Bonchev–Trinajstić information content (AvgIpc) is 2.51. The zero-order valence-corrected chi connectivity index (χ0v) is 10.5. The van der Waals surface area contributed by atoms with E-state index in [4.69, 9.17) is 11.6 Å². The van der Waals surface area contributed by atoms with E-state index >= 15 is 0 Å². The number of hydrogen-bond donors (Lipinski definition) is 1. The van der Waals surface area contributed by atoms with Crippen LogP contribution in [-0.4, -0.2) is 31.1 Å². The van der Waals surface area contributed by atoms with Crippen molar-refractivity contribution in [3.63, 3.8) is 0 Å². The second-order valence-corrected chi connectivity index (χ2v) is 6.62. The van der Waals surface area contributed by atoms with Crippen LogP contribution < -0.4 is 0 Å². The fraction of sp³-hybridized carbons (Fsp3) is 0.333. The molecule has 1 fully saturated rings. The first kappa shape index (κ1) is 12.4. The number of halogens is 1. The molecule has 1 aliphatic heterocycles. The van der Waals surface area contributed by atoms with E-state index in [1.54, 1.807) is 24.3 Å². The monoisotopic (exact) mass is 270 g/mol. The molecule has 0 aliphatic carbocycles. The Hall–Kier alpha value is -1.02. The van der Waals surface area contributed by atoms with Crippen LogP contribution in [0.15, 0.2) is 24.3 Å². The van der Waals surface area contributed by atoms with Gasteiger partial charge in [-0.25, -0.2) is 8.42 Å². The molecule has 1 aromatic carbocycles. The lowest BCUT2D eigenvalue weighted by Gasteiger charge is -2.02. The summed E-state index contributed by atoms with van der Waals surface area (Å²) in [6, 6.07) is 6.94. The second kappa shape index (κ2) is 4.69. The Morgan fingerprint density at radius 3 is 2.41 bits per heavy atom. The van der Waals surface area contributed by atoms with E-state index in [2.05, 4.69) is 11.8 Å². The first-order valence-corrected chi connectivity index (χ1v) is 7.32. The van der Waals surface area contributed by atoms with Gasteiger partial charge in [0.2, 0.25) is 0 Å². The van der Waals surface area contributed by atoms with Gasteiger partial charge in [0.1, 0.15) is 0 Å². The van der Waals surface area contributed by atoms with Crippen LogP contribution in [0.3, 0.4) is 0 Å². The van der Waals surface area contributed by atoms with Crippen LogP contribution in [0.5, 0.6) is 0 Å². The fourth-order valence-electron chi connectivity index (χ4n) is 1.68. The number of rotatable bonds is 0. The Labute approximate surface area is 105 Å². The lowest BCUT2D eigenvalue weighted by molar-refractivity contribution is 0.174. The van der Waals surface area contributed by atoms with Crippen LogP contribution in [0.4, 0.5) is 0 Å². The number of hydrogen-bond acceptors (Lipinski definition) is 3. The lowest BCUT2D eigenvalue weighted by atomic mass is 10.1. The molecule has 0 radical (unpaired) electrons. The number of sulfone groups is 1. The molecule has 3 nitrogen and oxygen atoms in total. The van der Waals surface area contributed by atoms with E-state index < -0.39 is 21.9 Å². The highest BCUT2D eigenvalue weighted by atomic mass is 35.5. The summed E-state index contributed by atoms with van der Waals surface area (Å²) in [6.45, 7) is 0. The summed E-state index contributed by atoms with van der Waals surface area (Å²) >= 11 is 5.73. The Morgan fingerprint density at radius 2 is 1.88 bits per heavy atom. The number of aliphatic hydroxyl groups is 1. The Balaban J connectivity index is 2.15. The minimum atomic E-state index is -3.13. The Kier molecular flexibility index (Phi) is 3.43. The molecule has 0 amide bonds. The van der Waals surface area contributed by atoms with E-state index in [0.717, 1.165) is 5.56 Å². The predicted octanol–water partition coefficient (Wildman–Crippen LogP) is 1.10. The van der Waals surface area contributed by atoms with E-state index in [1.165, 1.54) is 0 Å². The summed E-state index contributed by atoms with van der Waals surface area (Å²) < 4.78 is 22.5. The molecule has 1 saturated heterocycles. The summed E-state index contributed by atoms with van der Waals surface area (Å²) in [5.41, 5.74) is 0.755. The molecule has 0 bridgehead atoms. The van der Waals surface area contributed by atoms with Gasteiger partial charge in [0.05, 0.1) is 23.5 Å². The Bertz CT molecular complexity index is 566. The first-order chi connectivity index (χ1) is 7.96. The van der Waals surface area contributed by atoms with Gasteiger partial charge in [0.25, 0.3) is 0 Å². The van der Waals surface area contributed by atoms with Crippen LogP contribution in [-0.2, 0) is 9.84 Å². The van der Waals surface area contributed by atoms with Gasteiger partial charge in [0.15, 0.2) is 9.84 Å². The van der Waals surface area contributed by atoms with E-state index in [0.29, 0.717) is 5.02 Å². The van der Waals surface area contributed by atoms with Crippen molar-refractivity contribution < 1.29 is 13.5 Å². The molecule has 1 aromatic rings. The normalized spacial score (nSPS) is 26.2. The average molecular weight is 271 g/mol. The molecular formula is C12H11ClO3S. The Morgan fingerprint density at radius 1 is 1.24 bits per heavy atom. The standard InChI is InChI=1S/C12H11ClO3S/c13-11-5-2-9(3-6-11)1-4-10-7-17(15,16)8-12(10)14/h2-3,5-6,10,12,14H,7-8H2/t10-,12-/m1/s1. The molecule has 2 atom stereocenters. The third-order valence-corrected chi connectivity index (χ3v) is 4.54. The van der Waals surface area contributed by atoms with E-state index in [1.807, 2.05) is 0 Å². The van der Waals surface area contributed by atoms with Crippen LogP contribution in [0.25, 0.3) is 0 Å². The summed E-state index contributed by atoms with van der Waals surface area (Å²) in [5, 5.41) is 10.2. The van der Waals surface area contributed by atoms with Crippen molar-refractivity contribution in [2.75, 3.05) is 11.5 Å². The van der Waals surface area contributed by atoms with Gasteiger partial charge in [-0.05, 0) is 24.3 Å². The molecule has 1 aliphatic rings. The maximum atomic E-state index is 11.3. The maximum absolute atomic E-state index is 11.3. The quantitative estimate of drug-likeness (QED) is 0.718. The first-order valence-electron chi connectivity index (χ1n) is 5.12. The zero-order chi connectivity index (χ0) is 12.5. The molecule has 5 heteroatoms. The maximum Gasteiger partial charge on any atom is 0.154 e. The van der Waals surface area contributed by atoms with Gasteiger partial charge in [-0.2, -0.15) is 0 Å². The van der Waals surface area contributed by atoms with Gasteiger partial charge in [0, 0.05) is 10.6 Å². The molecule has 17 heavy (non-hydrogen) atoms. The molecule has 90 valence electrons. The third kappa shape index (κ3) is 3.22. The van der Waals surface area contributed by atoms with Crippen molar-refractivity contribution in [1.29, 1.82) is 0 Å². The third-order valence-electron chi connectivity index (χ3n) is 2.57. The molecule has 0 saturated carbocycles. The van der Waals surface area contributed by atoms with Crippen LogP contribution in [0, 0.1) is 17.8 Å². The van der Waals surface area contributed by atoms with Gasteiger partial charge in [-0.1, -0.05) is 23.4 Å². The summed E-state index contributed by atoms with van der Waals surface area (Å²) in [6.07, 6.45) is -0.875. The molecule has 0 aromatic heterocycles. The number of aliphatic hydroxyl groups excluding tert-OH is 1. The van der Waals surface area contributed by atoms with Crippen LogP contribution in [0.2, 0.25) is 5.02 Å². The number of benzene rings is 1. The van der Waals surface area contributed by atoms with Gasteiger partial charge >= 0.3 is 0 Å². The molecule has 2 rings (SSSR count). The minimum Gasteiger partial charge on any atom is -0.391 e. The fourth-order valence-corrected chi connectivity index (χ4v) is 3.54. The second-order valence-electron chi connectivity index (χ2n) is 4.03. The molecule has 0 unspecified atom stereocenters. The van der Waals surface area contributed by atoms with Crippen LogP contribution >= 0.6 is 11.6 Å². The highest BCUT2D eigenvalue weighted by Gasteiger charge is 2.35. The van der Waals surface area contributed by atoms with Crippen molar-refractivity contribution in [3.8, 4) is 11.8 Å². The SMILES string of the molecule is O=S1(=O)C[C@@H](O)[C@H](C#Cc2ccc(Cl)cc2)C1. The minimum absolute atomic E-state index is 0.0608. The van der Waals surface area contributed by atoms with Crippen molar-refractivity contribution >= 4 is 21.4 Å². The van der Waals surface area contributed by atoms with Crippen molar-refractivity contribution in [3.05, 3.63) is 34.9 Å². The molecule has 1 N–H and O–H groups in total. The molecular weight excluding hydrogens is 260 g/mol. The highest BCUT2D eigenvalue weighted by molar-refractivity contribution is 7.91. The van der Waals surface area contributed by atoms with Crippen molar-refractivity contribution in [2.24, 2.45) is 5.92 Å². The summed E-state index contributed by atoms with van der Waals surface area (Å²) in [7, 11) is -3.13. The summed E-state index contributed by atoms with van der Waals surface area (Å²) in [4.78, 5) is 0. The smallest absolute Gasteiger partial charge is 0.154 e. The predicted molar refractivity (Wildman–Crippen MR) is 66.5 cm³/mol. The molecule has 0 spiro atoms. The van der Waals surface area contributed by atoms with Crippen molar-refractivity contribution in [2.45, 2.75) is 6.10 Å². The lowest BCUT2D eigenvalue weighted by Crippen LogP contribution is -2.15. The molecule has 1 heterocycles. The van der Waals surface area contributed by atoms with E-state index in [9.17, 15) is 13.5 Å². The highest BCUT2D eigenvalue weighted by Crippen LogP contribution is 2.18.